The van der Waals surface area contributed by atoms with Crippen molar-refractivity contribution >= 4 is 5.78 Å². The van der Waals surface area contributed by atoms with Crippen LogP contribution in [0.2, 0.25) is 0 Å². The molecule has 0 fully saturated rings. The molecule has 0 radical (unpaired) electrons. The maximum absolute atomic E-state index is 11.4. The van der Waals surface area contributed by atoms with Gasteiger partial charge in [0, 0.05) is 6.42 Å². The first-order valence-electron chi connectivity index (χ1n) is 7.00. The summed E-state index contributed by atoms with van der Waals surface area (Å²) < 4.78 is 0. The fourth-order valence-electron chi connectivity index (χ4n) is 1.71. The summed E-state index contributed by atoms with van der Waals surface area (Å²) in [4.78, 5) is 11.4. The van der Waals surface area contributed by atoms with Crippen molar-refractivity contribution in [1.29, 1.82) is 0 Å². The van der Waals surface area contributed by atoms with Gasteiger partial charge in [0.05, 0.1) is 0 Å². The van der Waals surface area contributed by atoms with Gasteiger partial charge in [-0.15, -0.1) is 0 Å². The van der Waals surface area contributed by atoms with Crippen LogP contribution in [-0.2, 0) is 4.79 Å². The quantitative estimate of drug-likeness (QED) is 0.354. The minimum absolute atomic E-state index is 0.312. The molecular weight excluding hydrogens is 196 g/mol. The van der Waals surface area contributed by atoms with E-state index >= 15 is 0 Å². The molecule has 1 heteroatoms. The van der Waals surface area contributed by atoms with Gasteiger partial charge >= 0.3 is 0 Å². The van der Waals surface area contributed by atoms with Crippen molar-refractivity contribution in [1.82, 2.24) is 0 Å². The third-order valence-corrected chi connectivity index (χ3v) is 2.80. The maximum Gasteiger partial charge on any atom is 0.155 e. The zero-order valence-corrected chi connectivity index (χ0v) is 11.1. The van der Waals surface area contributed by atoms with E-state index in [1.807, 2.05) is 0 Å². The molecule has 0 aromatic rings. The molecule has 0 aromatic heterocycles. The largest absolute Gasteiger partial charge is 0.295 e. The van der Waals surface area contributed by atoms with Crippen LogP contribution in [0.5, 0.6) is 0 Å². The Kier molecular flexibility index (Phi) is 12.0. The first kappa shape index (κ1) is 15.4. The molecule has 0 unspecified atom stereocenters. The highest BCUT2D eigenvalue weighted by Crippen LogP contribution is 2.05. The Morgan fingerprint density at radius 2 is 1.50 bits per heavy atom. The fraction of sp³-hybridized carbons (Fsp3) is 0.800. The highest BCUT2D eigenvalue weighted by molar-refractivity contribution is 5.89. The van der Waals surface area contributed by atoms with E-state index in [1.165, 1.54) is 44.9 Å². The van der Waals surface area contributed by atoms with E-state index < -0.39 is 0 Å². The Labute approximate surface area is 101 Å². The Bertz CT molecular complexity index is 182. The Balaban J connectivity index is 3.30. The van der Waals surface area contributed by atoms with Crippen molar-refractivity contribution in [2.75, 3.05) is 0 Å². The van der Waals surface area contributed by atoms with Crippen LogP contribution in [0.4, 0.5) is 0 Å². The van der Waals surface area contributed by atoms with Crippen LogP contribution in [0.1, 0.15) is 78.1 Å². The molecule has 0 aliphatic rings. The number of hydrogen-bond acceptors (Lipinski definition) is 1. The molecular formula is C15H28O. The second-order valence-electron chi connectivity index (χ2n) is 4.53. The lowest BCUT2D eigenvalue weighted by Crippen LogP contribution is -1.92. The van der Waals surface area contributed by atoms with E-state index in [-0.39, 0.29) is 0 Å². The summed E-state index contributed by atoms with van der Waals surface area (Å²) in [5, 5.41) is 0. The van der Waals surface area contributed by atoms with E-state index in [0.29, 0.717) is 5.78 Å². The molecule has 0 amide bonds. The Morgan fingerprint density at radius 3 is 2.12 bits per heavy atom. The summed E-state index contributed by atoms with van der Waals surface area (Å²) in [6.07, 6.45) is 15.5. The topological polar surface area (TPSA) is 17.1 Å². The van der Waals surface area contributed by atoms with Crippen molar-refractivity contribution in [3.05, 3.63) is 12.2 Å². The SMILES string of the molecule is CCCCCC/C=C/C(=O)CCCCCC. The minimum atomic E-state index is 0.312. The molecule has 0 saturated heterocycles. The number of allylic oxidation sites excluding steroid dienone is 2. The summed E-state index contributed by atoms with van der Waals surface area (Å²) in [6.45, 7) is 4.41. The van der Waals surface area contributed by atoms with Crippen LogP contribution >= 0.6 is 0 Å². The summed E-state index contributed by atoms with van der Waals surface area (Å²) >= 11 is 0. The van der Waals surface area contributed by atoms with Crippen molar-refractivity contribution < 1.29 is 4.79 Å². The lowest BCUT2D eigenvalue weighted by Gasteiger charge is -1.96. The van der Waals surface area contributed by atoms with E-state index in [4.69, 9.17) is 0 Å². The third kappa shape index (κ3) is 11.5. The van der Waals surface area contributed by atoms with E-state index in [9.17, 15) is 4.79 Å². The zero-order valence-electron chi connectivity index (χ0n) is 11.1. The first-order chi connectivity index (χ1) is 7.81. The molecule has 0 N–H and O–H groups in total. The molecule has 1 nitrogen and oxygen atoms in total. The van der Waals surface area contributed by atoms with Crippen LogP contribution < -0.4 is 0 Å². The molecule has 0 rings (SSSR count). The fourth-order valence-corrected chi connectivity index (χ4v) is 1.71. The molecule has 0 aromatic carbocycles. The summed E-state index contributed by atoms with van der Waals surface area (Å²) in [7, 11) is 0. The molecule has 0 heterocycles. The van der Waals surface area contributed by atoms with Gasteiger partial charge < -0.3 is 0 Å². The van der Waals surface area contributed by atoms with Crippen LogP contribution in [0.15, 0.2) is 12.2 Å². The standard InChI is InChI=1S/C15H28O/c1-3-5-7-9-10-12-14-15(16)13-11-8-6-4-2/h12,14H,3-11,13H2,1-2H3/b14-12+. The number of ketones is 1. The minimum Gasteiger partial charge on any atom is -0.295 e. The lowest BCUT2D eigenvalue weighted by atomic mass is 10.1. The number of carbonyl (C=O) groups excluding carboxylic acids is 1. The molecule has 0 atom stereocenters. The van der Waals surface area contributed by atoms with Gasteiger partial charge in [0.25, 0.3) is 0 Å². The van der Waals surface area contributed by atoms with Gasteiger partial charge in [0.15, 0.2) is 5.78 Å². The van der Waals surface area contributed by atoms with Crippen molar-refractivity contribution in [2.45, 2.75) is 78.1 Å². The van der Waals surface area contributed by atoms with Gasteiger partial charge in [-0.1, -0.05) is 58.4 Å². The average Bonchev–Trinajstić information content (AvgIpc) is 2.29. The maximum atomic E-state index is 11.4. The Morgan fingerprint density at radius 1 is 0.875 bits per heavy atom. The van der Waals surface area contributed by atoms with Gasteiger partial charge in [-0.25, -0.2) is 0 Å². The molecule has 0 aliphatic carbocycles. The normalized spacial score (nSPS) is 11.1. The number of hydrogen-bond donors (Lipinski definition) is 0. The van der Waals surface area contributed by atoms with Gasteiger partial charge in [-0.05, 0) is 25.3 Å². The zero-order chi connectivity index (χ0) is 12.1. The first-order valence-corrected chi connectivity index (χ1v) is 7.00. The number of carbonyl (C=O) groups is 1. The Hall–Kier alpha value is -0.590. The van der Waals surface area contributed by atoms with E-state index in [2.05, 4.69) is 19.9 Å². The highest BCUT2D eigenvalue weighted by atomic mass is 16.1. The van der Waals surface area contributed by atoms with Crippen LogP contribution in [-0.4, -0.2) is 5.78 Å². The summed E-state index contributed by atoms with van der Waals surface area (Å²) in [5.74, 6) is 0.312. The van der Waals surface area contributed by atoms with Crippen molar-refractivity contribution in [2.24, 2.45) is 0 Å². The molecule has 0 saturated carbocycles. The predicted molar refractivity (Wildman–Crippen MR) is 71.7 cm³/mol. The van der Waals surface area contributed by atoms with E-state index in [0.717, 1.165) is 19.3 Å². The smallest absolute Gasteiger partial charge is 0.155 e. The monoisotopic (exact) mass is 224 g/mol. The highest BCUT2D eigenvalue weighted by Gasteiger charge is 1.95. The molecule has 0 aliphatic heterocycles. The molecule has 94 valence electrons. The van der Waals surface area contributed by atoms with Crippen LogP contribution in [0.25, 0.3) is 0 Å². The van der Waals surface area contributed by atoms with Crippen molar-refractivity contribution in [3.8, 4) is 0 Å². The van der Waals surface area contributed by atoms with Gasteiger partial charge in [-0.3, -0.25) is 4.79 Å². The number of rotatable bonds is 11. The second kappa shape index (κ2) is 12.5. The van der Waals surface area contributed by atoms with E-state index in [1.54, 1.807) is 6.08 Å². The third-order valence-electron chi connectivity index (χ3n) is 2.80. The predicted octanol–water partition coefficient (Wildman–Crippen LogP) is 5.05. The van der Waals surface area contributed by atoms with Crippen LogP contribution in [0, 0.1) is 0 Å². The molecule has 0 bridgehead atoms. The van der Waals surface area contributed by atoms with Gasteiger partial charge in [0.2, 0.25) is 0 Å². The van der Waals surface area contributed by atoms with Crippen molar-refractivity contribution in [3.63, 3.8) is 0 Å². The van der Waals surface area contributed by atoms with Crippen LogP contribution in [0.3, 0.4) is 0 Å². The lowest BCUT2D eigenvalue weighted by molar-refractivity contribution is -0.114. The summed E-state index contributed by atoms with van der Waals surface area (Å²) in [6, 6.07) is 0. The van der Waals surface area contributed by atoms with Gasteiger partial charge in [-0.2, -0.15) is 0 Å². The molecule has 0 spiro atoms. The molecule has 16 heavy (non-hydrogen) atoms. The second-order valence-corrected chi connectivity index (χ2v) is 4.53. The summed E-state index contributed by atoms with van der Waals surface area (Å²) in [5.41, 5.74) is 0. The number of unbranched alkanes of at least 4 members (excludes halogenated alkanes) is 7. The van der Waals surface area contributed by atoms with Gasteiger partial charge in [0.1, 0.15) is 0 Å². The average molecular weight is 224 g/mol.